The second-order valence-corrected chi connectivity index (χ2v) is 8.33. The van der Waals surface area contributed by atoms with E-state index in [0.29, 0.717) is 38.5 Å². The fourth-order valence-corrected chi connectivity index (χ4v) is 4.10. The lowest BCUT2D eigenvalue weighted by atomic mass is 9.96. The number of hydrogen-bond donors (Lipinski definition) is 1. The quantitative estimate of drug-likeness (QED) is 0.729. The molecule has 7 nitrogen and oxygen atoms in total. The highest BCUT2D eigenvalue weighted by molar-refractivity contribution is 7.13. The number of hydrogen-bond acceptors (Lipinski definition) is 7. The first kappa shape index (κ1) is 19.9. The van der Waals surface area contributed by atoms with Crippen LogP contribution in [0.1, 0.15) is 5.69 Å². The lowest BCUT2D eigenvalue weighted by Crippen LogP contribution is -2.52. The predicted molar refractivity (Wildman–Crippen MR) is 111 cm³/mol. The molecule has 0 radical (unpaired) electrons. The third-order valence-corrected chi connectivity index (χ3v) is 5.88. The van der Waals surface area contributed by atoms with E-state index in [9.17, 15) is 9.18 Å². The standard InChI is InChI=1S/C19H20ClFN6OS/c20-19(21)4-2-1-3-15(19)17(28)27-8-6-26(7-9-27)13-14-11-22-12-16(24-14)25-18-23-5-10-29-18/h1-5,10-12,15H,6-9,13H2,(H,23,24,25). The summed E-state index contributed by atoms with van der Waals surface area (Å²) >= 11 is 7.36. The number of carbonyl (C=O) groups is 1. The van der Waals surface area contributed by atoms with Crippen molar-refractivity contribution in [3.05, 3.63) is 54.0 Å². The van der Waals surface area contributed by atoms with Crippen molar-refractivity contribution in [3.8, 4) is 0 Å². The fourth-order valence-electron chi connectivity index (χ4n) is 3.33. The number of aromatic nitrogens is 3. The SMILES string of the molecule is O=C(C1C=CC=CC1(F)Cl)N1CCN(Cc2cncc(Nc3nccs3)n2)CC1. The van der Waals surface area contributed by atoms with Gasteiger partial charge in [0.25, 0.3) is 0 Å². The van der Waals surface area contributed by atoms with Crippen LogP contribution in [0.5, 0.6) is 0 Å². The highest BCUT2D eigenvalue weighted by atomic mass is 35.5. The summed E-state index contributed by atoms with van der Waals surface area (Å²) < 4.78 is 14.4. The van der Waals surface area contributed by atoms with Crippen LogP contribution < -0.4 is 5.32 Å². The average molecular weight is 435 g/mol. The number of nitrogens with zero attached hydrogens (tertiary/aromatic N) is 5. The predicted octanol–water partition coefficient (Wildman–Crippen LogP) is 2.97. The van der Waals surface area contributed by atoms with E-state index in [1.807, 2.05) is 5.38 Å². The molecule has 1 fully saturated rings. The van der Waals surface area contributed by atoms with Crippen LogP contribution in [0.15, 0.2) is 48.3 Å². The lowest BCUT2D eigenvalue weighted by Gasteiger charge is -2.37. The maximum Gasteiger partial charge on any atom is 0.234 e. The van der Waals surface area contributed by atoms with E-state index in [0.717, 1.165) is 10.8 Å². The van der Waals surface area contributed by atoms with Crippen LogP contribution in [-0.2, 0) is 11.3 Å². The Bertz CT molecular complexity index is 911. The topological polar surface area (TPSA) is 74.2 Å². The molecule has 0 aromatic carbocycles. The summed E-state index contributed by atoms with van der Waals surface area (Å²) in [6.45, 7) is 3.00. The number of halogens is 2. The minimum Gasteiger partial charge on any atom is -0.339 e. The normalized spacial score (nSPS) is 24.6. The number of carbonyl (C=O) groups excluding carboxylic acids is 1. The Labute approximate surface area is 176 Å². The summed E-state index contributed by atoms with van der Waals surface area (Å²) in [6.07, 6.45) is 11.0. The zero-order valence-electron chi connectivity index (χ0n) is 15.5. The van der Waals surface area contributed by atoms with Gasteiger partial charge in [-0.15, -0.1) is 11.3 Å². The summed E-state index contributed by atoms with van der Waals surface area (Å²) in [5.74, 6) is -0.623. The third-order valence-electron chi connectivity index (χ3n) is 4.84. The molecule has 29 heavy (non-hydrogen) atoms. The van der Waals surface area contributed by atoms with Crippen molar-refractivity contribution in [3.63, 3.8) is 0 Å². The molecule has 1 saturated heterocycles. The van der Waals surface area contributed by atoms with E-state index < -0.39 is 11.0 Å². The van der Waals surface area contributed by atoms with Crippen molar-refractivity contribution in [1.82, 2.24) is 24.8 Å². The van der Waals surface area contributed by atoms with E-state index in [1.54, 1.807) is 29.6 Å². The highest BCUT2D eigenvalue weighted by Crippen LogP contribution is 2.34. The molecule has 0 spiro atoms. The molecule has 2 atom stereocenters. The van der Waals surface area contributed by atoms with Crippen LogP contribution in [0.25, 0.3) is 0 Å². The summed E-state index contributed by atoms with van der Waals surface area (Å²) in [7, 11) is 0. The number of thiazole rings is 1. The lowest BCUT2D eigenvalue weighted by molar-refractivity contribution is -0.137. The summed E-state index contributed by atoms with van der Waals surface area (Å²) in [5.41, 5.74) is 0.829. The molecule has 0 saturated carbocycles. The van der Waals surface area contributed by atoms with Gasteiger partial charge < -0.3 is 10.2 Å². The van der Waals surface area contributed by atoms with E-state index in [1.165, 1.54) is 29.6 Å². The van der Waals surface area contributed by atoms with E-state index in [4.69, 9.17) is 11.6 Å². The molecule has 2 aromatic heterocycles. The van der Waals surface area contributed by atoms with Crippen LogP contribution in [0.2, 0.25) is 0 Å². The number of nitrogens with one attached hydrogen (secondary N) is 1. The minimum atomic E-state index is -2.16. The molecule has 10 heteroatoms. The molecule has 1 N–H and O–H groups in total. The smallest absolute Gasteiger partial charge is 0.234 e. The number of piperazine rings is 1. The number of rotatable bonds is 5. The van der Waals surface area contributed by atoms with Crippen molar-refractivity contribution in [2.45, 2.75) is 11.7 Å². The van der Waals surface area contributed by atoms with Gasteiger partial charge in [0.15, 0.2) is 10.9 Å². The number of allylic oxidation sites excluding steroid dienone is 3. The molecular weight excluding hydrogens is 415 g/mol. The molecule has 152 valence electrons. The maximum atomic E-state index is 14.4. The van der Waals surface area contributed by atoms with Gasteiger partial charge in [0.1, 0.15) is 5.92 Å². The minimum absolute atomic E-state index is 0.280. The Morgan fingerprint density at radius 1 is 1.31 bits per heavy atom. The molecular formula is C19H20ClFN6OS. The fraction of sp³-hybridized carbons (Fsp3) is 0.368. The summed E-state index contributed by atoms with van der Waals surface area (Å²) in [4.78, 5) is 29.6. The third kappa shape index (κ3) is 4.80. The number of alkyl halides is 2. The maximum absolute atomic E-state index is 14.4. The van der Waals surface area contributed by atoms with Crippen molar-refractivity contribution in [1.29, 1.82) is 0 Å². The molecule has 2 aromatic rings. The zero-order valence-corrected chi connectivity index (χ0v) is 17.1. The number of amides is 1. The Hall–Kier alpha value is -2.36. The van der Waals surface area contributed by atoms with Crippen LogP contribution in [-0.4, -0.2) is 62.0 Å². The van der Waals surface area contributed by atoms with Crippen molar-refractivity contribution < 1.29 is 9.18 Å². The van der Waals surface area contributed by atoms with Gasteiger partial charge in [-0.1, -0.05) is 29.8 Å². The first-order valence-electron chi connectivity index (χ1n) is 9.24. The van der Waals surface area contributed by atoms with E-state index in [-0.39, 0.29) is 5.91 Å². The molecule has 4 rings (SSSR count). The van der Waals surface area contributed by atoms with E-state index in [2.05, 4.69) is 25.2 Å². The van der Waals surface area contributed by atoms with Crippen molar-refractivity contribution in [2.75, 3.05) is 31.5 Å². The molecule has 1 aliphatic carbocycles. The average Bonchev–Trinajstić information content (AvgIpc) is 3.21. The van der Waals surface area contributed by atoms with Gasteiger partial charge in [-0.3, -0.25) is 14.7 Å². The van der Waals surface area contributed by atoms with Gasteiger partial charge in [0.05, 0.1) is 11.9 Å². The van der Waals surface area contributed by atoms with Crippen molar-refractivity contribution >= 4 is 39.8 Å². The Balaban J connectivity index is 1.32. The summed E-state index contributed by atoms with van der Waals surface area (Å²) in [5, 5.41) is 3.62. The molecule has 1 aliphatic heterocycles. The second kappa shape index (κ2) is 8.56. The highest BCUT2D eigenvalue weighted by Gasteiger charge is 2.41. The van der Waals surface area contributed by atoms with Gasteiger partial charge in [-0.05, 0) is 6.08 Å². The van der Waals surface area contributed by atoms with Gasteiger partial charge in [0, 0.05) is 50.5 Å². The zero-order chi connectivity index (χ0) is 20.3. The first-order chi connectivity index (χ1) is 14.0. The van der Waals surface area contributed by atoms with Crippen LogP contribution >= 0.6 is 22.9 Å². The van der Waals surface area contributed by atoms with Gasteiger partial charge in [-0.2, -0.15) is 0 Å². The monoisotopic (exact) mass is 434 g/mol. The Kier molecular flexibility index (Phi) is 5.89. The van der Waals surface area contributed by atoms with Crippen molar-refractivity contribution in [2.24, 2.45) is 5.92 Å². The second-order valence-electron chi connectivity index (χ2n) is 6.86. The molecule has 3 heterocycles. The first-order valence-corrected chi connectivity index (χ1v) is 10.5. The van der Waals surface area contributed by atoms with Crippen LogP contribution in [0, 0.1) is 5.92 Å². The molecule has 0 bridgehead atoms. The Morgan fingerprint density at radius 3 is 2.86 bits per heavy atom. The Morgan fingerprint density at radius 2 is 2.14 bits per heavy atom. The number of anilines is 2. The van der Waals surface area contributed by atoms with Gasteiger partial charge in [0.2, 0.25) is 11.0 Å². The largest absolute Gasteiger partial charge is 0.339 e. The molecule has 2 unspecified atom stereocenters. The summed E-state index contributed by atoms with van der Waals surface area (Å²) in [6, 6.07) is 0. The van der Waals surface area contributed by atoms with Gasteiger partial charge in [-0.25, -0.2) is 14.4 Å². The van der Waals surface area contributed by atoms with E-state index >= 15 is 0 Å². The van der Waals surface area contributed by atoms with Crippen LogP contribution in [0.4, 0.5) is 15.3 Å². The van der Waals surface area contributed by atoms with Crippen LogP contribution in [0.3, 0.4) is 0 Å². The molecule has 2 aliphatic rings. The molecule has 1 amide bonds. The van der Waals surface area contributed by atoms with Gasteiger partial charge >= 0.3 is 0 Å².